The molecule has 0 radical (unpaired) electrons. The first-order chi connectivity index (χ1) is 17.6. The molecule has 6 rings (SSSR count). The Kier molecular flexibility index (Phi) is 6.00. The van der Waals surface area contributed by atoms with Crippen LogP contribution in [-0.4, -0.2) is 67.7 Å². The molecule has 8 nitrogen and oxygen atoms in total. The molecule has 2 aliphatic heterocycles. The molecule has 0 aliphatic carbocycles. The minimum Gasteiger partial charge on any atom is -0.314 e. The zero-order valence-corrected chi connectivity index (χ0v) is 20.0. The third kappa shape index (κ3) is 4.50. The van der Waals surface area contributed by atoms with Crippen LogP contribution in [-0.2, 0) is 13.5 Å². The lowest BCUT2D eigenvalue weighted by Gasteiger charge is -2.44. The van der Waals surface area contributed by atoms with Gasteiger partial charge in [0.1, 0.15) is 12.1 Å². The minimum absolute atomic E-state index is 0.197. The van der Waals surface area contributed by atoms with Gasteiger partial charge in [-0.05, 0) is 41.8 Å². The van der Waals surface area contributed by atoms with Crippen LogP contribution in [0.5, 0.6) is 0 Å². The monoisotopic (exact) mass is 482 g/mol. The Hall–Kier alpha value is -3.95. The summed E-state index contributed by atoms with van der Waals surface area (Å²) < 4.78 is 15.6. The van der Waals surface area contributed by atoms with Crippen LogP contribution in [0.25, 0.3) is 22.0 Å². The zero-order valence-electron chi connectivity index (χ0n) is 20.0. The molecular formula is C27H27FN8. The third-order valence-electron chi connectivity index (χ3n) is 6.76. The van der Waals surface area contributed by atoms with Crippen LogP contribution in [0.3, 0.4) is 0 Å². The Morgan fingerprint density at radius 1 is 1.14 bits per heavy atom. The number of hydrogen-bond donors (Lipinski definition) is 1. The number of nitrogens with zero attached hydrogens (tertiary/aromatic N) is 7. The summed E-state index contributed by atoms with van der Waals surface area (Å²) in [5.74, 6) is -0.197. The lowest BCUT2D eigenvalue weighted by molar-refractivity contribution is -0.0238. The number of hydrazine groups is 1. The van der Waals surface area contributed by atoms with Crippen LogP contribution >= 0.6 is 0 Å². The van der Waals surface area contributed by atoms with Gasteiger partial charge < -0.3 is 10.3 Å². The van der Waals surface area contributed by atoms with Crippen molar-refractivity contribution < 1.29 is 4.39 Å². The Morgan fingerprint density at radius 3 is 2.94 bits per heavy atom. The number of rotatable bonds is 5. The molecule has 36 heavy (non-hydrogen) atoms. The zero-order chi connectivity index (χ0) is 24.5. The number of hydrogen-bond acceptors (Lipinski definition) is 7. The van der Waals surface area contributed by atoms with Crippen LogP contribution in [0, 0.1) is 5.82 Å². The van der Waals surface area contributed by atoms with Crippen molar-refractivity contribution in [3.63, 3.8) is 0 Å². The van der Waals surface area contributed by atoms with Crippen molar-refractivity contribution in [3.05, 3.63) is 90.7 Å². The van der Waals surface area contributed by atoms with Crippen molar-refractivity contribution in [2.24, 2.45) is 12.0 Å². The number of aryl methyl sites for hydroxylation is 1. The number of benzene rings is 2. The van der Waals surface area contributed by atoms with E-state index in [0.29, 0.717) is 6.54 Å². The van der Waals surface area contributed by atoms with E-state index in [2.05, 4.69) is 42.5 Å². The first-order valence-electron chi connectivity index (χ1n) is 12.1. The van der Waals surface area contributed by atoms with E-state index < -0.39 is 0 Å². The fourth-order valence-electron chi connectivity index (χ4n) is 5.04. The molecule has 4 heterocycles. The fraction of sp³-hybridized carbons (Fsp3) is 0.259. The molecule has 2 aromatic heterocycles. The highest BCUT2D eigenvalue weighted by Crippen LogP contribution is 2.28. The normalized spacial score (nSPS) is 18.6. The highest BCUT2D eigenvalue weighted by Gasteiger charge is 2.28. The molecule has 9 heteroatoms. The van der Waals surface area contributed by atoms with Crippen molar-refractivity contribution in [1.29, 1.82) is 0 Å². The highest BCUT2D eigenvalue weighted by molar-refractivity contribution is 6.12. The average molecular weight is 483 g/mol. The molecule has 2 aromatic carbocycles. The smallest absolute Gasteiger partial charge is 0.123 e. The van der Waals surface area contributed by atoms with Gasteiger partial charge in [0.15, 0.2) is 0 Å². The molecule has 0 saturated carbocycles. The minimum atomic E-state index is -0.197. The Morgan fingerprint density at radius 2 is 2.08 bits per heavy atom. The number of fused-ring (bicyclic) bond motifs is 1. The van der Waals surface area contributed by atoms with Gasteiger partial charge in [-0.15, -0.1) is 0 Å². The molecule has 0 amide bonds. The fourth-order valence-corrected chi connectivity index (χ4v) is 5.04. The van der Waals surface area contributed by atoms with Crippen molar-refractivity contribution in [1.82, 2.24) is 35.1 Å². The number of piperazine rings is 1. The second-order valence-corrected chi connectivity index (χ2v) is 9.21. The number of nitrogens with one attached hydrogen (secondary N) is 1. The average Bonchev–Trinajstić information content (AvgIpc) is 3.35. The summed E-state index contributed by atoms with van der Waals surface area (Å²) in [4.78, 5) is 13.6. The van der Waals surface area contributed by atoms with Crippen LogP contribution in [0.4, 0.5) is 4.39 Å². The molecule has 2 aliphatic rings. The maximum atomic E-state index is 13.8. The van der Waals surface area contributed by atoms with E-state index >= 15 is 0 Å². The third-order valence-corrected chi connectivity index (χ3v) is 6.76. The van der Waals surface area contributed by atoms with Gasteiger partial charge in [-0.3, -0.25) is 9.67 Å². The van der Waals surface area contributed by atoms with E-state index in [9.17, 15) is 4.39 Å². The quantitative estimate of drug-likeness (QED) is 0.471. The van der Waals surface area contributed by atoms with Gasteiger partial charge in [0.25, 0.3) is 0 Å². The molecule has 0 bridgehead atoms. The van der Waals surface area contributed by atoms with Crippen LogP contribution in [0.1, 0.15) is 11.1 Å². The Balaban J connectivity index is 1.31. The van der Waals surface area contributed by atoms with Crippen molar-refractivity contribution in [2.75, 3.05) is 26.2 Å². The maximum Gasteiger partial charge on any atom is 0.123 e. The molecule has 0 spiro atoms. The van der Waals surface area contributed by atoms with Crippen molar-refractivity contribution >= 4 is 16.6 Å². The molecule has 1 fully saturated rings. The summed E-state index contributed by atoms with van der Waals surface area (Å²) in [5.41, 5.74) is 5.90. The molecule has 4 aromatic rings. The van der Waals surface area contributed by atoms with Gasteiger partial charge in [0.2, 0.25) is 0 Å². The highest BCUT2D eigenvalue weighted by atomic mass is 19.1. The van der Waals surface area contributed by atoms with Crippen molar-refractivity contribution in [2.45, 2.75) is 12.5 Å². The van der Waals surface area contributed by atoms with Gasteiger partial charge in [0, 0.05) is 74.0 Å². The van der Waals surface area contributed by atoms with Crippen LogP contribution < -0.4 is 5.32 Å². The van der Waals surface area contributed by atoms with E-state index in [4.69, 9.17) is 4.99 Å². The summed E-state index contributed by atoms with van der Waals surface area (Å²) >= 11 is 0. The number of aromatic nitrogens is 4. The topological polar surface area (TPSA) is 74.5 Å². The van der Waals surface area contributed by atoms with Gasteiger partial charge in [0.05, 0.1) is 24.0 Å². The van der Waals surface area contributed by atoms with Crippen LogP contribution in [0.15, 0.2) is 78.7 Å². The predicted octanol–water partition coefficient (Wildman–Crippen LogP) is 3.18. The molecule has 1 unspecified atom stereocenters. The van der Waals surface area contributed by atoms with Gasteiger partial charge in [-0.25, -0.2) is 19.4 Å². The standard InChI is InChI=1S/C27H27FN8/c1-34-16-21(13-33-34)20-11-24(25-15-30-18-32-26(25)12-20)27-17-35(7-6-31-27)36-8-5-29-14-23(36)10-19-3-2-4-22(28)9-19/h2-4,6-7,9,11-13,15-16,18,23,29H,5,8,10,14,17H2,1H3. The molecular weight excluding hydrogens is 455 g/mol. The van der Waals surface area contributed by atoms with Gasteiger partial charge in [-0.2, -0.15) is 5.10 Å². The Bertz CT molecular complexity index is 1460. The van der Waals surface area contributed by atoms with Crippen LogP contribution in [0.2, 0.25) is 0 Å². The Labute approximate surface area is 208 Å². The van der Waals surface area contributed by atoms with Gasteiger partial charge in [-0.1, -0.05) is 12.1 Å². The molecule has 1 atom stereocenters. The number of halogens is 1. The second-order valence-electron chi connectivity index (χ2n) is 9.21. The summed E-state index contributed by atoms with van der Waals surface area (Å²) in [7, 11) is 1.91. The predicted molar refractivity (Wildman–Crippen MR) is 138 cm³/mol. The summed E-state index contributed by atoms with van der Waals surface area (Å²) in [6.45, 7) is 3.21. The van der Waals surface area contributed by atoms with E-state index in [0.717, 1.165) is 64.9 Å². The van der Waals surface area contributed by atoms with E-state index in [-0.39, 0.29) is 11.9 Å². The molecule has 182 valence electrons. The lowest BCUT2D eigenvalue weighted by Crippen LogP contribution is -2.58. The van der Waals surface area contributed by atoms with E-state index in [1.165, 1.54) is 6.07 Å². The van der Waals surface area contributed by atoms with Crippen molar-refractivity contribution in [3.8, 4) is 11.1 Å². The SMILES string of the molecule is Cn1cc(-c2cc(C3=NC=CN(N4CCNCC4Cc4cccc(F)c4)C3)c3cncnc3c2)cn1. The van der Waals surface area contributed by atoms with Gasteiger partial charge >= 0.3 is 0 Å². The number of aliphatic imine (C=N–C) groups is 1. The van der Waals surface area contributed by atoms with E-state index in [1.54, 1.807) is 23.1 Å². The maximum absolute atomic E-state index is 13.8. The van der Waals surface area contributed by atoms with E-state index in [1.807, 2.05) is 44.1 Å². The summed E-state index contributed by atoms with van der Waals surface area (Å²) in [6.07, 6.45) is 11.9. The molecule has 1 saturated heterocycles. The first-order valence-corrected chi connectivity index (χ1v) is 12.1. The summed E-state index contributed by atoms with van der Waals surface area (Å²) in [6, 6.07) is 11.3. The first kappa shape index (κ1) is 22.5. The lowest BCUT2D eigenvalue weighted by atomic mass is 9.98. The summed E-state index contributed by atoms with van der Waals surface area (Å²) in [5, 5.41) is 13.4. The largest absolute Gasteiger partial charge is 0.314 e. The molecule has 1 N–H and O–H groups in total. The second kappa shape index (κ2) is 9.60.